The number of ether oxygens (including phenoxy) is 1. The minimum atomic E-state index is -0.340. The monoisotopic (exact) mass is 249 g/mol. The van der Waals surface area contributed by atoms with E-state index in [2.05, 4.69) is 4.90 Å². The van der Waals surface area contributed by atoms with Crippen molar-refractivity contribution in [1.29, 1.82) is 0 Å². The van der Waals surface area contributed by atoms with Gasteiger partial charge >= 0.3 is 0 Å². The van der Waals surface area contributed by atoms with E-state index in [1.165, 1.54) is 0 Å². The van der Waals surface area contributed by atoms with Crippen LogP contribution in [0.1, 0.15) is 31.1 Å². The van der Waals surface area contributed by atoms with Crippen LogP contribution < -0.4 is 4.74 Å². The van der Waals surface area contributed by atoms with Gasteiger partial charge in [-0.05, 0) is 38.4 Å². The number of carbonyl (C=O) groups is 1. The molecule has 0 saturated carbocycles. The van der Waals surface area contributed by atoms with Crippen molar-refractivity contribution in [3.63, 3.8) is 0 Å². The Morgan fingerprint density at radius 3 is 2.17 bits per heavy atom. The number of Topliss-reactive ketones (excluding diaryl/α,β-unsaturated/α-hetero) is 1. The van der Waals surface area contributed by atoms with Crippen LogP contribution in [-0.2, 0) is 0 Å². The number of hydrogen-bond acceptors (Lipinski definition) is 3. The van der Waals surface area contributed by atoms with Crippen molar-refractivity contribution in [2.45, 2.75) is 20.8 Å². The Hall–Kier alpha value is -1.35. The highest BCUT2D eigenvalue weighted by atomic mass is 16.5. The van der Waals surface area contributed by atoms with E-state index in [1.54, 1.807) is 0 Å². The van der Waals surface area contributed by atoms with E-state index in [0.29, 0.717) is 6.61 Å². The zero-order valence-corrected chi connectivity index (χ0v) is 12.0. The normalized spacial score (nSPS) is 11.7. The quantitative estimate of drug-likeness (QED) is 0.751. The first kappa shape index (κ1) is 14.7. The molecule has 0 amide bonds. The van der Waals surface area contributed by atoms with Crippen LogP contribution in [0.2, 0.25) is 0 Å². The molecule has 0 bridgehead atoms. The lowest BCUT2D eigenvalue weighted by Crippen LogP contribution is -2.20. The van der Waals surface area contributed by atoms with Crippen molar-refractivity contribution in [3.05, 3.63) is 29.8 Å². The van der Waals surface area contributed by atoms with Crippen molar-refractivity contribution in [3.8, 4) is 5.75 Å². The molecule has 0 aromatic heterocycles. The summed E-state index contributed by atoms with van der Waals surface area (Å²) in [5, 5.41) is 0. The summed E-state index contributed by atoms with van der Waals surface area (Å²) in [5.41, 5.74) is 0.398. The SMILES string of the molecule is CN(C)CCOc1ccc(C(=O)C(C)(C)C)cc1. The fraction of sp³-hybridized carbons (Fsp3) is 0.533. The molecule has 0 fully saturated rings. The van der Waals surface area contributed by atoms with Gasteiger partial charge in [0.1, 0.15) is 12.4 Å². The van der Waals surface area contributed by atoms with E-state index in [1.807, 2.05) is 59.1 Å². The van der Waals surface area contributed by atoms with Gasteiger partial charge in [0.25, 0.3) is 0 Å². The van der Waals surface area contributed by atoms with E-state index in [9.17, 15) is 4.79 Å². The minimum Gasteiger partial charge on any atom is -0.492 e. The van der Waals surface area contributed by atoms with Crippen LogP contribution in [0.5, 0.6) is 5.75 Å². The number of hydrogen-bond donors (Lipinski definition) is 0. The Labute approximate surface area is 110 Å². The highest BCUT2D eigenvalue weighted by molar-refractivity contribution is 5.99. The second kappa shape index (κ2) is 6.01. The Morgan fingerprint density at radius 2 is 1.72 bits per heavy atom. The van der Waals surface area contributed by atoms with E-state index >= 15 is 0 Å². The smallest absolute Gasteiger partial charge is 0.168 e. The summed E-state index contributed by atoms with van der Waals surface area (Å²) in [4.78, 5) is 14.1. The molecule has 0 heterocycles. The summed E-state index contributed by atoms with van der Waals surface area (Å²) in [5.74, 6) is 0.963. The highest BCUT2D eigenvalue weighted by Gasteiger charge is 2.22. The molecule has 100 valence electrons. The average Bonchev–Trinajstić information content (AvgIpc) is 2.27. The molecule has 18 heavy (non-hydrogen) atoms. The Morgan fingerprint density at radius 1 is 1.17 bits per heavy atom. The van der Waals surface area contributed by atoms with Crippen LogP contribution in [0.15, 0.2) is 24.3 Å². The van der Waals surface area contributed by atoms with Crippen molar-refractivity contribution in [1.82, 2.24) is 4.90 Å². The molecule has 3 heteroatoms. The Bertz CT molecular complexity index is 388. The fourth-order valence-electron chi connectivity index (χ4n) is 1.48. The van der Waals surface area contributed by atoms with Crippen LogP contribution in [0.25, 0.3) is 0 Å². The summed E-state index contributed by atoms with van der Waals surface area (Å²) in [6.07, 6.45) is 0. The molecule has 0 N–H and O–H groups in total. The van der Waals surface area contributed by atoms with Gasteiger partial charge in [-0.2, -0.15) is 0 Å². The third-order valence-corrected chi connectivity index (χ3v) is 2.60. The van der Waals surface area contributed by atoms with Gasteiger partial charge in [-0.3, -0.25) is 4.79 Å². The van der Waals surface area contributed by atoms with E-state index < -0.39 is 0 Å². The molecule has 0 aliphatic carbocycles. The maximum Gasteiger partial charge on any atom is 0.168 e. The zero-order valence-electron chi connectivity index (χ0n) is 12.0. The first-order valence-electron chi connectivity index (χ1n) is 6.23. The van der Waals surface area contributed by atoms with Gasteiger partial charge in [-0.15, -0.1) is 0 Å². The molecule has 1 aromatic rings. The summed E-state index contributed by atoms with van der Waals surface area (Å²) < 4.78 is 5.58. The minimum absolute atomic E-state index is 0.155. The van der Waals surface area contributed by atoms with Gasteiger partial charge in [-0.25, -0.2) is 0 Å². The maximum atomic E-state index is 12.0. The molecule has 1 aromatic carbocycles. The molecule has 0 aliphatic heterocycles. The largest absolute Gasteiger partial charge is 0.492 e. The van der Waals surface area contributed by atoms with E-state index in [-0.39, 0.29) is 11.2 Å². The summed E-state index contributed by atoms with van der Waals surface area (Å²) in [6, 6.07) is 7.38. The molecule has 0 spiro atoms. The van der Waals surface area contributed by atoms with Crippen molar-refractivity contribution >= 4 is 5.78 Å². The summed E-state index contributed by atoms with van der Waals surface area (Å²) in [7, 11) is 4.02. The molecule has 0 unspecified atom stereocenters. The van der Waals surface area contributed by atoms with Crippen molar-refractivity contribution in [2.24, 2.45) is 5.41 Å². The van der Waals surface area contributed by atoms with Crippen LogP contribution in [0, 0.1) is 5.41 Å². The average molecular weight is 249 g/mol. The summed E-state index contributed by atoms with van der Waals surface area (Å²) >= 11 is 0. The fourth-order valence-corrected chi connectivity index (χ4v) is 1.48. The van der Waals surface area contributed by atoms with Crippen LogP contribution in [0.4, 0.5) is 0 Å². The third-order valence-electron chi connectivity index (χ3n) is 2.60. The molecule has 1 rings (SSSR count). The highest BCUT2D eigenvalue weighted by Crippen LogP contribution is 2.22. The third kappa shape index (κ3) is 4.49. The van der Waals surface area contributed by atoms with Crippen molar-refractivity contribution in [2.75, 3.05) is 27.2 Å². The number of nitrogens with zero attached hydrogens (tertiary/aromatic N) is 1. The van der Waals surface area contributed by atoms with Gasteiger partial charge < -0.3 is 9.64 Å². The lowest BCUT2D eigenvalue weighted by atomic mass is 9.86. The standard InChI is InChI=1S/C15H23NO2/c1-15(2,3)14(17)12-6-8-13(9-7-12)18-11-10-16(4)5/h6-9H,10-11H2,1-5H3. The number of rotatable bonds is 5. The van der Waals surface area contributed by atoms with Gasteiger partial charge in [0.05, 0.1) is 0 Å². The van der Waals surface area contributed by atoms with Gasteiger partial charge in [0.15, 0.2) is 5.78 Å². The van der Waals surface area contributed by atoms with Gasteiger partial charge in [0, 0.05) is 17.5 Å². The maximum absolute atomic E-state index is 12.0. The molecule has 0 saturated heterocycles. The second-order valence-electron chi connectivity index (χ2n) is 5.76. The van der Waals surface area contributed by atoms with Crippen LogP contribution in [-0.4, -0.2) is 37.9 Å². The van der Waals surface area contributed by atoms with Gasteiger partial charge in [0.2, 0.25) is 0 Å². The topological polar surface area (TPSA) is 29.5 Å². The molecular formula is C15H23NO2. The lowest BCUT2D eigenvalue weighted by molar-refractivity contribution is 0.0858. The summed E-state index contributed by atoms with van der Waals surface area (Å²) in [6.45, 7) is 7.31. The predicted molar refractivity (Wildman–Crippen MR) is 74.3 cm³/mol. The molecule has 0 aliphatic rings. The number of ketones is 1. The van der Waals surface area contributed by atoms with Crippen LogP contribution >= 0.6 is 0 Å². The van der Waals surface area contributed by atoms with Gasteiger partial charge in [-0.1, -0.05) is 20.8 Å². The molecule has 0 atom stereocenters. The molecular weight excluding hydrogens is 226 g/mol. The number of likely N-dealkylation sites (N-methyl/N-ethyl adjacent to an activating group) is 1. The first-order valence-corrected chi connectivity index (χ1v) is 6.23. The zero-order chi connectivity index (χ0) is 13.8. The van der Waals surface area contributed by atoms with Crippen LogP contribution in [0.3, 0.4) is 0 Å². The van der Waals surface area contributed by atoms with E-state index in [4.69, 9.17) is 4.74 Å². The Kier molecular flexibility index (Phi) is 4.91. The Balaban J connectivity index is 2.60. The molecule has 3 nitrogen and oxygen atoms in total. The first-order chi connectivity index (χ1) is 8.30. The number of carbonyl (C=O) groups excluding carboxylic acids is 1. The molecule has 0 radical (unpaired) electrons. The lowest BCUT2D eigenvalue weighted by Gasteiger charge is -2.17. The second-order valence-corrected chi connectivity index (χ2v) is 5.76. The van der Waals surface area contributed by atoms with E-state index in [0.717, 1.165) is 17.9 Å². The van der Waals surface area contributed by atoms with Crippen molar-refractivity contribution < 1.29 is 9.53 Å². The number of benzene rings is 1. The predicted octanol–water partition coefficient (Wildman–Crippen LogP) is 2.86.